The van der Waals surface area contributed by atoms with Crippen molar-refractivity contribution in [3.63, 3.8) is 0 Å². The van der Waals surface area contributed by atoms with Crippen molar-refractivity contribution in [3.05, 3.63) is 29.4 Å². The average Bonchev–Trinajstić information content (AvgIpc) is 2.55. The Bertz CT molecular complexity index is 676. The summed E-state index contributed by atoms with van der Waals surface area (Å²) in [7, 11) is 1.57. The van der Waals surface area contributed by atoms with Crippen molar-refractivity contribution in [1.29, 1.82) is 0 Å². The predicted octanol–water partition coefficient (Wildman–Crippen LogP) is 4.08. The van der Waals surface area contributed by atoms with Crippen LogP contribution >= 0.6 is 11.6 Å². The molecule has 1 aromatic carbocycles. The monoisotopic (exact) mass is 335 g/mol. The van der Waals surface area contributed by atoms with E-state index in [0.717, 1.165) is 36.0 Å². The molecule has 0 saturated carbocycles. The molecule has 1 amide bonds. The summed E-state index contributed by atoms with van der Waals surface area (Å²) in [6, 6.07) is 7.73. The molecule has 2 N–H and O–H groups in total. The van der Waals surface area contributed by atoms with Gasteiger partial charge in [0, 0.05) is 19.0 Å². The van der Waals surface area contributed by atoms with E-state index in [4.69, 9.17) is 16.3 Å². The highest BCUT2D eigenvalue weighted by atomic mass is 35.5. The summed E-state index contributed by atoms with van der Waals surface area (Å²) in [5.74, 6) is -0.149. The average molecular weight is 336 g/mol. The number of hydrogen-bond donors (Lipinski definition) is 2. The lowest BCUT2D eigenvalue weighted by Gasteiger charge is -2.17. The molecular formula is C17H22ClN3O2. The van der Waals surface area contributed by atoms with Crippen LogP contribution in [0.15, 0.2) is 24.3 Å². The fraction of sp³-hybridized carbons (Fsp3) is 0.412. The molecule has 0 spiro atoms. The summed E-state index contributed by atoms with van der Waals surface area (Å²) in [5, 5.41) is 7.47. The maximum absolute atomic E-state index is 12.0. The van der Waals surface area contributed by atoms with Crippen molar-refractivity contribution < 1.29 is 9.53 Å². The quantitative estimate of drug-likeness (QED) is 0.563. The van der Waals surface area contributed by atoms with Gasteiger partial charge < -0.3 is 15.4 Å². The van der Waals surface area contributed by atoms with E-state index in [9.17, 15) is 4.79 Å². The van der Waals surface area contributed by atoms with Gasteiger partial charge in [0.15, 0.2) is 5.15 Å². The maximum atomic E-state index is 12.0. The Labute approximate surface area is 141 Å². The molecule has 1 heterocycles. The molecule has 0 saturated heterocycles. The second kappa shape index (κ2) is 8.70. The minimum Gasteiger partial charge on any atom is -0.384 e. The molecular weight excluding hydrogens is 314 g/mol. The standard InChI is InChI=1S/C17H22ClN3O2/c1-3-4-10-19-15-12-7-5-6-8-13(12)20-17(18)16(15)21-14(22)9-11-23-2/h5-8H,3-4,9-11H2,1-2H3,(H,19,20)(H,21,22). The van der Waals surface area contributed by atoms with Gasteiger partial charge in [0.05, 0.1) is 24.2 Å². The van der Waals surface area contributed by atoms with Crippen LogP contribution in [0.1, 0.15) is 26.2 Å². The number of nitrogens with one attached hydrogen (secondary N) is 2. The van der Waals surface area contributed by atoms with Crippen LogP contribution in [0.5, 0.6) is 0 Å². The molecule has 0 fully saturated rings. The Balaban J connectivity index is 2.37. The number of methoxy groups -OCH3 is 1. The first-order valence-electron chi connectivity index (χ1n) is 7.78. The minimum absolute atomic E-state index is 0.149. The number of aromatic nitrogens is 1. The number of ether oxygens (including phenoxy) is 1. The Morgan fingerprint density at radius 1 is 1.30 bits per heavy atom. The molecule has 0 aliphatic rings. The lowest BCUT2D eigenvalue weighted by molar-refractivity contribution is -0.117. The second-order valence-electron chi connectivity index (χ2n) is 5.24. The number of hydrogen-bond acceptors (Lipinski definition) is 4. The van der Waals surface area contributed by atoms with E-state index in [0.29, 0.717) is 12.3 Å². The number of amides is 1. The van der Waals surface area contributed by atoms with Gasteiger partial charge in [0.2, 0.25) is 5.91 Å². The summed E-state index contributed by atoms with van der Waals surface area (Å²) < 4.78 is 4.94. The van der Waals surface area contributed by atoms with E-state index in [1.165, 1.54) is 0 Å². The molecule has 0 atom stereocenters. The van der Waals surface area contributed by atoms with Gasteiger partial charge in [-0.15, -0.1) is 0 Å². The number of carbonyl (C=O) groups is 1. The highest BCUT2D eigenvalue weighted by Crippen LogP contribution is 2.35. The largest absolute Gasteiger partial charge is 0.384 e. The summed E-state index contributed by atoms with van der Waals surface area (Å²) in [6.45, 7) is 3.30. The highest BCUT2D eigenvalue weighted by molar-refractivity contribution is 6.34. The van der Waals surface area contributed by atoms with Crippen LogP contribution in [0, 0.1) is 0 Å². The van der Waals surface area contributed by atoms with Crippen LogP contribution in [0.3, 0.4) is 0 Å². The summed E-state index contributed by atoms with van der Waals surface area (Å²) in [5.41, 5.74) is 2.15. The molecule has 0 radical (unpaired) electrons. The number of nitrogens with zero attached hydrogens (tertiary/aromatic N) is 1. The second-order valence-corrected chi connectivity index (χ2v) is 5.60. The van der Waals surface area contributed by atoms with Gasteiger partial charge in [0.25, 0.3) is 0 Å². The van der Waals surface area contributed by atoms with Gasteiger partial charge in [-0.05, 0) is 12.5 Å². The van der Waals surface area contributed by atoms with Crippen molar-refractivity contribution in [1.82, 2.24) is 4.98 Å². The topological polar surface area (TPSA) is 63.2 Å². The van der Waals surface area contributed by atoms with Crippen LogP contribution in [0.2, 0.25) is 5.15 Å². The molecule has 5 nitrogen and oxygen atoms in total. The zero-order chi connectivity index (χ0) is 16.7. The molecule has 0 bridgehead atoms. The number of anilines is 2. The van der Waals surface area contributed by atoms with Crippen LogP contribution < -0.4 is 10.6 Å². The van der Waals surface area contributed by atoms with Gasteiger partial charge in [-0.25, -0.2) is 4.98 Å². The van der Waals surface area contributed by atoms with E-state index < -0.39 is 0 Å². The fourth-order valence-electron chi connectivity index (χ4n) is 2.27. The van der Waals surface area contributed by atoms with E-state index in [-0.39, 0.29) is 17.5 Å². The number of fused-ring (bicyclic) bond motifs is 1. The maximum Gasteiger partial charge on any atom is 0.226 e. The van der Waals surface area contributed by atoms with Crippen molar-refractivity contribution in [2.24, 2.45) is 0 Å². The van der Waals surface area contributed by atoms with Gasteiger partial charge in [-0.1, -0.05) is 43.1 Å². The van der Waals surface area contributed by atoms with E-state index in [1.54, 1.807) is 7.11 Å². The van der Waals surface area contributed by atoms with Crippen LogP contribution in [0.4, 0.5) is 11.4 Å². The van der Waals surface area contributed by atoms with E-state index >= 15 is 0 Å². The highest BCUT2D eigenvalue weighted by Gasteiger charge is 2.16. The van der Waals surface area contributed by atoms with Crippen LogP contribution in [0.25, 0.3) is 10.9 Å². The number of pyridine rings is 1. The molecule has 1 aromatic heterocycles. The summed E-state index contributed by atoms with van der Waals surface area (Å²) in [6.07, 6.45) is 2.39. The Morgan fingerprint density at radius 3 is 2.83 bits per heavy atom. The number of carbonyl (C=O) groups excluding carboxylic acids is 1. The van der Waals surface area contributed by atoms with Gasteiger partial charge >= 0.3 is 0 Å². The lowest BCUT2D eigenvalue weighted by atomic mass is 10.1. The predicted molar refractivity (Wildman–Crippen MR) is 95.3 cm³/mol. The van der Waals surface area contributed by atoms with Crippen LogP contribution in [-0.2, 0) is 9.53 Å². The van der Waals surface area contributed by atoms with Crippen LogP contribution in [-0.4, -0.2) is 31.2 Å². The van der Waals surface area contributed by atoms with Crippen molar-refractivity contribution >= 4 is 39.8 Å². The zero-order valence-corrected chi connectivity index (χ0v) is 14.2. The first kappa shape index (κ1) is 17.5. The molecule has 23 heavy (non-hydrogen) atoms. The summed E-state index contributed by atoms with van der Waals surface area (Å²) >= 11 is 6.30. The number of rotatable bonds is 8. The first-order valence-corrected chi connectivity index (χ1v) is 8.16. The minimum atomic E-state index is -0.149. The smallest absolute Gasteiger partial charge is 0.226 e. The number of halogens is 1. The molecule has 0 aliphatic carbocycles. The van der Waals surface area contributed by atoms with Crippen molar-refractivity contribution in [2.75, 3.05) is 30.9 Å². The van der Waals surface area contributed by atoms with E-state index in [2.05, 4.69) is 22.5 Å². The van der Waals surface area contributed by atoms with Gasteiger partial charge in [-0.3, -0.25) is 4.79 Å². The molecule has 2 rings (SSSR count). The zero-order valence-electron chi connectivity index (χ0n) is 13.5. The Morgan fingerprint density at radius 2 is 2.09 bits per heavy atom. The fourth-order valence-corrected chi connectivity index (χ4v) is 2.50. The van der Waals surface area contributed by atoms with Gasteiger partial charge in [0.1, 0.15) is 5.69 Å². The summed E-state index contributed by atoms with van der Waals surface area (Å²) in [4.78, 5) is 16.4. The SMILES string of the molecule is CCCCNc1c(NC(=O)CCOC)c(Cl)nc2ccccc12. The first-order chi connectivity index (χ1) is 11.2. The molecule has 124 valence electrons. The molecule has 0 aliphatic heterocycles. The third kappa shape index (κ3) is 4.56. The Kier molecular flexibility index (Phi) is 6.62. The number of para-hydroxylation sites is 1. The number of unbranched alkanes of at least 4 members (excludes halogenated alkanes) is 1. The van der Waals surface area contributed by atoms with E-state index in [1.807, 2.05) is 24.3 Å². The van der Waals surface area contributed by atoms with Gasteiger partial charge in [-0.2, -0.15) is 0 Å². The third-order valence-electron chi connectivity index (χ3n) is 3.48. The number of benzene rings is 1. The molecule has 6 heteroatoms. The normalized spacial score (nSPS) is 10.7. The molecule has 0 unspecified atom stereocenters. The third-order valence-corrected chi connectivity index (χ3v) is 3.75. The van der Waals surface area contributed by atoms with Crippen molar-refractivity contribution in [2.45, 2.75) is 26.2 Å². The Hall–Kier alpha value is -1.85. The lowest BCUT2D eigenvalue weighted by Crippen LogP contribution is -2.16. The van der Waals surface area contributed by atoms with Crippen molar-refractivity contribution in [3.8, 4) is 0 Å². The molecule has 2 aromatic rings.